The number of carbonyl (C=O) groups excluding carboxylic acids is 1. The van der Waals surface area contributed by atoms with Crippen LogP contribution in [-0.4, -0.2) is 26.0 Å². The maximum Gasteiger partial charge on any atom is 0.308 e. The third-order valence-electron chi connectivity index (χ3n) is 3.02. The number of nitrogens with zero attached hydrogens (tertiary/aromatic N) is 4. The van der Waals surface area contributed by atoms with Gasteiger partial charge in [0.25, 0.3) is 11.6 Å². The highest BCUT2D eigenvalue weighted by Gasteiger charge is 2.22. The fraction of sp³-hybridized carbons (Fsp3) is 0.0667. The van der Waals surface area contributed by atoms with Crippen LogP contribution in [0.25, 0.3) is 22.8 Å². The lowest BCUT2D eigenvalue weighted by Crippen LogP contribution is -2.02. The summed E-state index contributed by atoms with van der Waals surface area (Å²) in [7, 11) is 0. The molecule has 0 bridgehead atoms. The molecule has 2 aromatic heterocycles. The topological polar surface area (TPSA) is 121 Å². The molecule has 0 aliphatic heterocycles. The standard InChI is InChI=1S/C15H10N4O5/c1-9(20)23-11-2-3-12(13(8-11)19(21)22)15-17-14(18-24-15)10-4-6-16-7-5-10/h2-8H,1H3. The number of benzene rings is 1. The predicted molar refractivity (Wildman–Crippen MR) is 80.9 cm³/mol. The van der Waals surface area contributed by atoms with E-state index in [1.54, 1.807) is 24.5 Å². The molecular weight excluding hydrogens is 316 g/mol. The van der Waals surface area contributed by atoms with Crippen molar-refractivity contribution in [1.82, 2.24) is 15.1 Å². The second kappa shape index (κ2) is 6.24. The fourth-order valence-corrected chi connectivity index (χ4v) is 2.02. The Kier molecular flexibility index (Phi) is 3.98. The summed E-state index contributed by atoms with van der Waals surface area (Å²) in [5.74, 6) is -0.240. The largest absolute Gasteiger partial charge is 0.426 e. The number of hydrogen-bond acceptors (Lipinski definition) is 8. The molecule has 0 saturated heterocycles. The minimum atomic E-state index is -0.612. The predicted octanol–water partition coefficient (Wildman–Crippen LogP) is 2.63. The first kappa shape index (κ1) is 15.3. The molecule has 1 aromatic carbocycles. The molecule has 3 aromatic rings. The average Bonchev–Trinajstić information content (AvgIpc) is 3.05. The third-order valence-corrected chi connectivity index (χ3v) is 3.02. The zero-order chi connectivity index (χ0) is 17.1. The van der Waals surface area contributed by atoms with Crippen LogP contribution in [0.1, 0.15) is 6.92 Å². The van der Waals surface area contributed by atoms with Gasteiger partial charge in [-0.25, -0.2) is 0 Å². The molecule has 0 aliphatic rings. The van der Waals surface area contributed by atoms with Gasteiger partial charge in [0, 0.05) is 24.9 Å². The number of pyridine rings is 1. The number of carbonyl (C=O) groups is 1. The van der Waals surface area contributed by atoms with E-state index in [9.17, 15) is 14.9 Å². The monoisotopic (exact) mass is 326 g/mol. The molecule has 0 spiro atoms. The first-order valence-electron chi connectivity index (χ1n) is 6.76. The van der Waals surface area contributed by atoms with Gasteiger partial charge in [-0.05, 0) is 24.3 Å². The Balaban J connectivity index is 2.01. The molecule has 24 heavy (non-hydrogen) atoms. The van der Waals surface area contributed by atoms with E-state index >= 15 is 0 Å². The number of nitro groups is 1. The van der Waals surface area contributed by atoms with Crippen LogP contribution >= 0.6 is 0 Å². The summed E-state index contributed by atoms with van der Waals surface area (Å²) in [6, 6.07) is 7.31. The number of rotatable bonds is 4. The lowest BCUT2D eigenvalue weighted by Gasteiger charge is -2.02. The smallest absolute Gasteiger partial charge is 0.308 e. The van der Waals surface area contributed by atoms with Crippen molar-refractivity contribution in [3.63, 3.8) is 0 Å². The molecule has 0 atom stereocenters. The van der Waals surface area contributed by atoms with Crippen molar-refractivity contribution >= 4 is 11.7 Å². The first-order chi connectivity index (χ1) is 11.5. The Hall–Kier alpha value is -3.62. The highest BCUT2D eigenvalue weighted by Crippen LogP contribution is 2.33. The summed E-state index contributed by atoms with van der Waals surface area (Å²) in [6.07, 6.45) is 3.14. The minimum Gasteiger partial charge on any atom is -0.426 e. The van der Waals surface area contributed by atoms with E-state index in [2.05, 4.69) is 15.1 Å². The molecule has 3 rings (SSSR count). The maximum absolute atomic E-state index is 11.3. The van der Waals surface area contributed by atoms with E-state index in [0.29, 0.717) is 5.56 Å². The Morgan fingerprint density at radius 1 is 1.25 bits per heavy atom. The molecule has 9 nitrogen and oxygen atoms in total. The quantitative estimate of drug-likeness (QED) is 0.310. The molecular formula is C15H10N4O5. The summed E-state index contributed by atoms with van der Waals surface area (Å²) in [4.78, 5) is 29.7. The van der Waals surface area contributed by atoms with E-state index in [-0.39, 0.29) is 28.7 Å². The van der Waals surface area contributed by atoms with Gasteiger partial charge in [-0.15, -0.1) is 0 Å². The van der Waals surface area contributed by atoms with Crippen LogP contribution in [0.2, 0.25) is 0 Å². The molecule has 0 unspecified atom stereocenters. The number of esters is 1. The number of nitro benzene ring substituents is 1. The molecule has 0 fully saturated rings. The minimum absolute atomic E-state index is 0.0112. The summed E-state index contributed by atoms with van der Waals surface area (Å²) in [5.41, 5.74) is 0.488. The van der Waals surface area contributed by atoms with Crippen LogP contribution in [0.4, 0.5) is 5.69 Å². The maximum atomic E-state index is 11.3. The van der Waals surface area contributed by atoms with Gasteiger partial charge in [0.2, 0.25) is 5.82 Å². The fourth-order valence-electron chi connectivity index (χ4n) is 2.02. The Labute approximate surface area is 135 Å². The molecule has 0 saturated carbocycles. The van der Waals surface area contributed by atoms with E-state index in [0.717, 1.165) is 6.07 Å². The van der Waals surface area contributed by atoms with Crippen molar-refractivity contribution < 1.29 is 19.0 Å². The van der Waals surface area contributed by atoms with E-state index in [4.69, 9.17) is 9.26 Å². The average molecular weight is 326 g/mol. The second-order valence-corrected chi connectivity index (χ2v) is 4.69. The van der Waals surface area contributed by atoms with Gasteiger partial charge >= 0.3 is 5.97 Å². The van der Waals surface area contributed by atoms with Crippen LogP contribution in [0.5, 0.6) is 5.75 Å². The van der Waals surface area contributed by atoms with Crippen LogP contribution in [0.15, 0.2) is 47.2 Å². The highest BCUT2D eigenvalue weighted by atomic mass is 16.6. The van der Waals surface area contributed by atoms with Gasteiger partial charge in [-0.2, -0.15) is 4.98 Å². The molecule has 0 amide bonds. The van der Waals surface area contributed by atoms with Gasteiger partial charge in [0.05, 0.1) is 11.0 Å². The van der Waals surface area contributed by atoms with E-state index in [1.165, 1.54) is 19.1 Å². The Morgan fingerprint density at radius 2 is 2.00 bits per heavy atom. The van der Waals surface area contributed by atoms with Gasteiger partial charge in [0.15, 0.2) is 0 Å². The summed E-state index contributed by atoms with van der Waals surface area (Å²) >= 11 is 0. The van der Waals surface area contributed by atoms with Crippen molar-refractivity contribution in [2.75, 3.05) is 0 Å². The normalized spacial score (nSPS) is 10.4. The van der Waals surface area contributed by atoms with E-state index < -0.39 is 10.9 Å². The number of ether oxygens (including phenoxy) is 1. The molecule has 120 valence electrons. The Morgan fingerprint density at radius 3 is 2.67 bits per heavy atom. The van der Waals surface area contributed by atoms with Crippen LogP contribution in [0.3, 0.4) is 0 Å². The molecule has 2 heterocycles. The molecule has 9 heteroatoms. The first-order valence-corrected chi connectivity index (χ1v) is 6.76. The Bertz CT molecular complexity index is 907. The van der Waals surface area contributed by atoms with Crippen molar-refractivity contribution in [3.8, 4) is 28.6 Å². The zero-order valence-corrected chi connectivity index (χ0v) is 12.4. The summed E-state index contributed by atoms with van der Waals surface area (Å²) < 4.78 is 9.98. The van der Waals surface area contributed by atoms with Gasteiger partial charge < -0.3 is 9.26 Å². The summed E-state index contributed by atoms with van der Waals surface area (Å²) in [6.45, 7) is 1.21. The lowest BCUT2D eigenvalue weighted by molar-refractivity contribution is -0.384. The van der Waals surface area contributed by atoms with Crippen LogP contribution < -0.4 is 4.74 Å². The number of aromatic nitrogens is 3. The summed E-state index contributed by atoms with van der Waals surface area (Å²) in [5, 5.41) is 15.1. The lowest BCUT2D eigenvalue weighted by atomic mass is 10.1. The van der Waals surface area contributed by atoms with Crippen LogP contribution in [-0.2, 0) is 4.79 Å². The van der Waals surface area contributed by atoms with E-state index in [1.807, 2.05) is 0 Å². The molecule has 0 radical (unpaired) electrons. The van der Waals surface area contributed by atoms with Crippen molar-refractivity contribution in [2.24, 2.45) is 0 Å². The zero-order valence-electron chi connectivity index (χ0n) is 12.4. The SMILES string of the molecule is CC(=O)Oc1ccc(-c2nc(-c3ccncc3)no2)c([N+](=O)[O-])c1. The molecule has 0 N–H and O–H groups in total. The van der Waals surface area contributed by atoms with Gasteiger partial charge in [-0.1, -0.05) is 5.16 Å². The highest BCUT2D eigenvalue weighted by molar-refractivity contribution is 5.73. The molecule has 0 aliphatic carbocycles. The third kappa shape index (κ3) is 3.09. The van der Waals surface area contributed by atoms with Crippen LogP contribution in [0, 0.1) is 10.1 Å². The second-order valence-electron chi connectivity index (χ2n) is 4.69. The number of hydrogen-bond donors (Lipinski definition) is 0. The van der Waals surface area contributed by atoms with Gasteiger partial charge in [0.1, 0.15) is 11.3 Å². The van der Waals surface area contributed by atoms with Crippen molar-refractivity contribution in [2.45, 2.75) is 6.92 Å². The van der Waals surface area contributed by atoms with Gasteiger partial charge in [-0.3, -0.25) is 19.9 Å². The van der Waals surface area contributed by atoms with Crippen molar-refractivity contribution in [1.29, 1.82) is 0 Å². The van der Waals surface area contributed by atoms with Crippen molar-refractivity contribution in [3.05, 3.63) is 52.8 Å².